The van der Waals surface area contributed by atoms with Crippen molar-refractivity contribution in [3.63, 3.8) is 0 Å². The zero-order valence-electron chi connectivity index (χ0n) is 17.1. The van der Waals surface area contributed by atoms with Crippen LogP contribution >= 0.6 is 0 Å². The molecule has 29 heavy (non-hydrogen) atoms. The van der Waals surface area contributed by atoms with Crippen LogP contribution in [0.2, 0.25) is 25.7 Å². The molecule has 0 aliphatic carbocycles. The number of aliphatic hydroxyl groups is 1. The number of para-hydroxylation sites is 2. The molecule has 3 aromatic rings. The van der Waals surface area contributed by atoms with E-state index in [1.165, 1.54) is 13.2 Å². The Morgan fingerprint density at radius 2 is 1.86 bits per heavy atom. The van der Waals surface area contributed by atoms with Crippen molar-refractivity contribution in [2.75, 3.05) is 13.7 Å². The molecule has 1 unspecified atom stereocenters. The van der Waals surface area contributed by atoms with E-state index >= 15 is 0 Å². The molecule has 8 heteroatoms. The first-order valence-corrected chi connectivity index (χ1v) is 13.2. The van der Waals surface area contributed by atoms with Crippen molar-refractivity contribution in [2.45, 2.75) is 38.5 Å². The molecule has 156 valence electrons. The molecule has 3 rings (SSSR count). The molecule has 0 saturated heterocycles. The Kier molecular flexibility index (Phi) is 6.35. The minimum Gasteiger partial charge on any atom is -0.494 e. The maximum Gasteiger partial charge on any atom is 0.174 e. The number of hydrogen-bond acceptors (Lipinski definition) is 4. The van der Waals surface area contributed by atoms with Crippen molar-refractivity contribution in [3.8, 4) is 5.75 Å². The Morgan fingerprint density at radius 3 is 2.55 bits per heavy atom. The molecule has 1 aromatic heterocycles. The number of rotatable bonds is 8. The summed E-state index contributed by atoms with van der Waals surface area (Å²) in [5.41, 5.74) is 0.834. The number of halogens is 2. The van der Waals surface area contributed by atoms with Crippen molar-refractivity contribution in [1.82, 2.24) is 9.55 Å². The Labute approximate surface area is 169 Å². The van der Waals surface area contributed by atoms with E-state index in [-0.39, 0.29) is 18.3 Å². The lowest BCUT2D eigenvalue weighted by atomic mass is 10.1. The molecule has 0 amide bonds. The Balaban J connectivity index is 1.99. The van der Waals surface area contributed by atoms with Crippen LogP contribution < -0.4 is 4.74 Å². The van der Waals surface area contributed by atoms with E-state index in [2.05, 4.69) is 24.6 Å². The zero-order chi connectivity index (χ0) is 21.2. The third-order valence-corrected chi connectivity index (χ3v) is 6.43. The van der Waals surface area contributed by atoms with Crippen LogP contribution in [-0.4, -0.2) is 36.4 Å². The van der Waals surface area contributed by atoms with E-state index in [9.17, 15) is 13.9 Å². The van der Waals surface area contributed by atoms with Gasteiger partial charge >= 0.3 is 0 Å². The summed E-state index contributed by atoms with van der Waals surface area (Å²) in [6, 6.07) is 10.5. The molecule has 0 aliphatic rings. The molecule has 2 aromatic carbocycles. The summed E-state index contributed by atoms with van der Waals surface area (Å²) >= 11 is 0. The van der Waals surface area contributed by atoms with Gasteiger partial charge in [0.1, 0.15) is 24.5 Å². The first-order chi connectivity index (χ1) is 13.7. The topological polar surface area (TPSA) is 56.5 Å². The molecule has 1 N–H and O–H groups in total. The largest absolute Gasteiger partial charge is 0.494 e. The monoisotopic (exact) mass is 420 g/mol. The van der Waals surface area contributed by atoms with Gasteiger partial charge in [-0.3, -0.25) is 0 Å². The molecule has 5 nitrogen and oxygen atoms in total. The van der Waals surface area contributed by atoms with Gasteiger partial charge in [-0.15, -0.1) is 0 Å². The normalized spacial score (nSPS) is 13.1. The van der Waals surface area contributed by atoms with Crippen LogP contribution in [0.15, 0.2) is 36.4 Å². The number of imidazole rings is 1. The van der Waals surface area contributed by atoms with Gasteiger partial charge in [-0.25, -0.2) is 13.8 Å². The van der Waals surface area contributed by atoms with Crippen LogP contribution in [0, 0.1) is 11.6 Å². The number of aliphatic hydroxyl groups excluding tert-OH is 1. The minimum absolute atomic E-state index is 0.116. The van der Waals surface area contributed by atoms with Crippen molar-refractivity contribution in [1.29, 1.82) is 0 Å². The number of aromatic nitrogens is 2. The maximum atomic E-state index is 14.7. The SMILES string of the molecule is COc1ccc(F)c(C(O)c2nc3ccccc3n2COCC[Si](C)(C)C)c1F. The number of methoxy groups -OCH3 is 1. The Hall–Kier alpha value is -2.29. The summed E-state index contributed by atoms with van der Waals surface area (Å²) in [4.78, 5) is 4.42. The fourth-order valence-electron chi connectivity index (χ4n) is 3.06. The van der Waals surface area contributed by atoms with Crippen LogP contribution in [-0.2, 0) is 11.5 Å². The van der Waals surface area contributed by atoms with Crippen LogP contribution in [0.1, 0.15) is 17.5 Å². The highest BCUT2D eigenvalue weighted by Crippen LogP contribution is 2.33. The standard InChI is InChI=1S/C21H26F2N2O3Si/c1-27-17-10-9-14(22)18(19(17)23)20(26)21-24-15-7-5-6-8-16(15)25(21)13-28-11-12-29(2,3)4/h5-10,20,26H,11-13H2,1-4H3. The number of nitrogens with zero attached hydrogens (tertiary/aromatic N) is 2. The van der Waals surface area contributed by atoms with Crippen molar-refractivity contribution in [3.05, 3.63) is 59.4 Å². The molecular formula is C21H26F2N2O3Si. The highest BCUT2D eigenvalue weighted by molar-refractivity contribution is 6.76. The summed E-state index contributed by atoms with van der Waals surface area (Å²) in [5, 5.41) is 10.9. The van der Waals surface area contributed by atoms with E-state index in [0.29, 0.717) is 12.1 Å². The van der Waals surface area contributed by atoms with Crippen LogP contribution in [0.4, 0.5) is 8.78 Å². The fraction of sp³-hybridized carbons (Fsp3) is 0.381. The highest BCUT2D eigenvalue weighted by atomic mass is 28.3. The minimum atomic E-state index is -1.61. The van der Waals surface area contributed by atoms with Gasteiger partial charge in [-0.2, -0.15) is 0 Å². The number of ether oxygens (including phenoxy) is 2. The second kappa shape index (κ2) is 8.60. The Bertz CT molecular complexity index is 1000. The van der Waals surface area contributed by atoms with Gasteiger partial charge in [0.2, 0.25) is 0 Å². The summed E-state index contributed by atoms with van der Waals surface area (Å²) in [6.07, 6.45) is -1.61. The van der Waals surface area contributed by atoms with Gasteiger partial charge in [0.15, 0.2) is 11.6 Å². The fourth-order valence-corrected chi connectivity index (χ4v) is 3.82. The van der Waals surface area contributed by atoms with Crippen molar-refractivity contribution < 1.29 is 23.4 Å². The van der Waals surface area contributed by atoms with Gasteiger partial charge in [0, 0.05) is 14.7 Å². The predicted molar refractivity (Wildman–Crippen MR) is 111 cm³/mol. The van der Waals surface area contributed by atoms with Gasteiger partial charge < -0.3 is 19.1 Å². The van der Waals surface area contributed by atoms with Crippen LogP contribution in [0.25, 0.3) is 11.0 Å². The van der Waals surface area contributed by atoms with E-state index in [4.69, 9.17) is 9.47 Å². The molecule has 0 aliphatic heterocycles. The lowest BCUT2D eigenvalue weighted by molar-refractivity contribution is 0.0808. The molecule has 1 heterocycles. The first-order valence-electron chi connectivity index (χ1n) is 9.46. The quantitative estimate of drug-likeness (QED) is 0.423. The van der Waals surface area contributed by atoms with E-state index in [0.717, 1.165) is 17.6 Å². The van der Waals surface area contributed by atoms with Crippen molar-refractivity contribution in [2.24, 2.45) is 0 Å². The molecule has 0 fully saturated rings. The van der Waals surface area contributed by atoms with Crippen LogP contribution in [0.5, 0.6) is 5.75 Å². The number of benzene rings is 2. The third-order valence-electron chi connectivity index (χ3n) is 4.73. The number of hydrogen-bond donors (Lipinski definition) is 1. The second-order valence-electron chi connectivity index (χ2n) is 8.11. The van der Waals surface area contributed by atoms with E-state index < -0.39 is 31.4 Å². The van der Waals surface area contributed by atoms with Crippen LogP contribution in [0.3, 0.4) is 0 Å². The average Bonchev–Trinajstić information content (AvgIpc) is 3.03. The highest BCUT2D eigenvalue weighted by Gasteiger charge is 2.27. The van der Waals surface area contributed by atoms with Gasteiger partial charge in [0.05, 0.1) is 23.7 Å². The zero-order valence-corrected chi connectivity index (χ0v) is 18.1. The molecule has 1 atom stereocenters. The maximum absolute atomic E-state index is 14.7. The number of fused-ring (bicyclic) bond motifs is 1. The molecule has 0 bridgehead atoms. The summed E-state index contributed by atoms with van der Waals surface area (Å²) < 4.78 is 41.5. The summed E-state index contributed by atoms with van der Waals surface area (Å²) in [6.45, 7) is 7.47. The van der Waals surface area contributed by atoms with Crippen molar-refractivity contribution >= 4 is 19.1 Å². The summed E-state index contributed by atoms with van der Waals surface area (Å²) in [5.74, 6) is -1.84. The smallest absolute Gasteiger partial charge is 0.174 e. The average molecular weight is 421 g/mol. The summed E-state index contributed by atoms with van der Waals surface area (Å²) in [7, 11) is 0.0270. The van der Waals surface area contributed by atoms with Gasteiger partial charge in [-0.05, 0) is 30.3 Å². The predicted octanol–water partition coefficient (Wildman–Crippen LogP) is 4.72. The third kappa shape index (κ3) is 4.66. The second-order valence-corrected chi connectivity index (χ2v) is 13.7. The molecular weight excluding hydrogens is 394 g/mol. The Morgan fingerprint density at radius 1 is 1.14 bits per heavy atom. The molecule has 0 saturated carbocycles. The first kappa shape index (κ1) is 21.4. The van der Waals surface area contributed by atoms with Gasteiger partial charge in [0.25, 0.3) is 0 Å². The lowest BCUT2D eigenvalue weighted by Gasteiger charge is -2.18. The van der Waals surface area contributed by atoms with E-state index in [1.807, 2.05) is 18.2 Å². The lowest BCUT2D eigenvalue weighted by Crippen LogP contribution is -2.22. The molecule has 0 spiro atoms. The van der Waals surface area contributed by atoms with E-state index in [1.54, 1.807) is 10.6 Å². The molecule has 0 radical (unpaired) electrons. The van der Waals surface area contributed by atoms with Gasteiger partial charge in [-0.1, -0.05) is 31.8 Å².